The van der Waals surface area contributed by atoms with Gasteiger partial charge in [0.1, 0.15) is 13.6 Å². The lowest BCUT2D eigenvalue weighted by molar-refractivity contribution is -0.140. The summed E-state index contributed by atoms with van der Waals surface area (Å²) in [4.78, 5) is 17.7. The number of hydrogen-bond donors (Lipinski definition) is 0. The number of amides is 1. The van der Waals surface area contributed by atoms with Crippen LogP contribution in [0.3, 0.4) is 0 Å². The van der Waals surface area contributed by atoms with Crippen LogP contribution in [0.4, 0.5) is 0 Å². The molecule has 0 spiro atoms. The number of likely N-dealkylation sites (N-methyl/N-ethyl adjacent to an activating group) is 1. The largest absolute Gasteiger partial charge is 0.476 e. The summed E-state index contributed by atoms with van der Waals surface area (Å²) < 4.78 is 6.24. The standard InChI is InChI=1S/C25H29BN2O2/c1-27(2)17-18-28(19-20-9-5-3-6-10-20)25(29)24(21-11-7-4-8-12-21)30-23-15-13-22(26)14-16-23/h3-16,24H,17-19,26H2,1-2H3. The maximum absolute atomic E-state index is 13.7. The molecule has 3 aromatic rings. The molecule has 0 aliphatic rings. The zero-order chi connectivity index (χ0) is 21.3. The Morgan fingerprint density at radius 3 is 2.07 bits per heavy atom. The highest BCUT2D eigenvalue weighted by Crippen LogP contribution is 2.24. The molecule has 0 N–H and O–H groups in total. The van der Waals surface area contributed by atoms with Gasteiger partial charge in [-0.15, -0.1) is 0 Å². The van der Waals surface area contributed by atoms with Gasteiger partial charge in [0.15, 0.2) is 0 Å². The van der Waals surface area contributed by atoms with Gasteiger partial charge in [-0.25, -0.2) is 0 Å². The Bertz CT molecular complexity index is 915. The van der Waals surface area contributed by atoms with E-state index in [0.29, 0.717) is 18.8 Å². The maximum atomic E-state index is 13.7. The van der Waals surface area contributed by atoms with Crippen molar-refractivity contribution in [3.05, 3.63) is 96.1 Å². The van der Waals surface area contributed by atoms with E-state index in [1.807, 2.05) is 112 Å². The molecule has 4 nitrogen and oxygen atoms in total. The first-order valence-corrected chi connectivity index (χ1v) is 10.3. The van der Waals surface area contributed by atoms with E-state index in [-0.39, 0.29) is 5.91 Å². The second-order valence-corrected chi connectivity index (χ2v) is 7.77. The van der Waals surface area contributed by atoms with Crippen LogP contribution in [0.1, 0.15) is 17.2 Å². The van der Waals surface area contributed by atoms with Crippen molar-refractivity contribution >= 4 is 19.2 Å². The molecule has 0 fully saturated rings. The highest BCUT2D eigenvalue weighted by molar-refractivity contribution is 6.32. The Morgan fingerprint density at radius 1 is 0.867 bits per heavy atom. The molecule has 0 saturated heterocycles. The Kier molecular flexibility index (Phi) is 7.69. The quantitative estimate of drug-likeness (QED) is 0.518. The minimum Gasteiger partial charge on any atom is -0.476 e. The average Bonchev–Trinajstić information content (AvgIpc) is 2.77. The highest BCUT2D eigenvalue weighted by Gasteiger charge is 2.28. The van der Waals surface area contributed by atoms with Crippen molar-refractivity contribution in [2.45, 2.75) is 12.6 Å². The third kappa shape index (κ3) is 6.23. The fraction of sp³-hybridized carbons (Fsp3) is 0.240. The zero-order valence-electron chi connectivity index (χ0n) is 18.0. The van der Waals surface area contributed by atoms with Crippen molar-refractivity contribution < 1.29 is 9.53 Å². The van der Waals surface area contributed by atoms with E-state index in [4.69, 9.17) is 4.74 Å². The molecule has 30 heavy (non-hydrogen) atoms. The SMILES string of the molecule is Bc1ccc(OC(C(=O)N(CCN(C)C)Cc2ccccc2)c2ccccc2)cc1. The Hall–Kier alpha value is -3.05. The fourth-order valence-corrected chi connectivity index (χ4v) is 3.20. The number of carbonyl (C=O) groups excluding carboxylic acids is 1. The molecule has 0 bridgehead atoms. The molecule has 0 aromatic heterocycles. The molecule has 5 heteroatoms. The summed E-state index contributed by atoms with van der Waals surface area (Å²) in [5.74, 6) is 0.655. The van der Waals surface area contributed by atoms with Gasteiger partial charge in [-0.3, -0.25) is 4.79 Å². The molecular formula is C25H29BN2O2. The van der Waals surface area contributed by atoms with Crippen molar-refractivity contribution in [3.8, 4) is 5.75 Å². The average molecular weight is 400 g/mol. The molecule has 0 aliphatic heterocycles. The third-order valence-electron chi connectivity index (χ3n) is 4.95. The van der Waals surface area contributed by atoms with Crippen molar-refractivity contribution in [1.82, 2.24) is 9.80 Å². The van der Waals surface area contributed by atoms with Gasteiger partial charge in [-0.1, -0.05) is 78.3 Å². The first-order valence-electron chi connectivity index (χ1n) is 10.3. The number of ether oxygens (including phenoxy) is 1. The van der Waals surface area contributed by atoms with E-state index < -0.39 is 6.10 Å². The van der Waals surface area contributed by atoms with E-state index >= 15 is 0 Å². The summed E-state index contributed by atoms with van der Waals surface area (Å²) in [5, 5.41) is 0. The molecule has 3 aromatic carbocycles. The van der Waals surface area contributed by atoms with Crippen LogP contribution < -0.4 is 10.2 Å². The minimum atomic E-state index is -0.695. The zero-order valence-corrected chi connectivity index (χ0v) is 18.0. The normalized spacial score (nSPS) is 11.8. The summed E-state index contributed by atoms with van der Waals surface area (Å²) in [6, 6.07) is 27.6. The lowest BCUT2D eigenvalue weighted by Gasteiger charge is -2.29. The molecule has 1 atom stereocenters. The van der Waals surface area contributed by atoms with E-state index in [1.54, 1.807) is 0 Å². The van der Waals surface area contributed by atoms with Gasteiger partial charge in [0, 0.05) is 25.2 Å². The molecule has 1 amide bonds. The van der Waals surface area contributed by atoms with Gasteiger partial charge >= 0.3 is 0 Å². The van der Waals surface area contributed by atoms with Gasteiger partial charge in [-0.2, -0.15) is 0 Å². The number of rotatable bonds is 9. The topological polar surface area (TPSA) is 32.8 Å². The number of carbonyl (C=O) groups is 1. The van der Waals surface area contributed by atoms with Crippen molar-refractivity contribution in [2.24, 2.45) is 0 Å². The molecule has 154 valence electrons. The van der Waals surface area contributed by atoms with Crippen LogP contribution in [0, 0.1) is 0 Å². The number of hydrogen-bond acceptors (Lipinski definition) is 3. The molecule has 3 rings (SSSR count). The second kappa shape index (κ2) is 10.7. The molecule has 0 radical (unpaired) electrons. The Morgan fingerprint density at radius 2 is 1.47 bits per heavy atom. The Labute approximate surface area is 180 Å². The van der Waals surface area contributed by atoms with Gasteiger partial charge in [0.2, 0.25) is 6.10 Å². The smallest absolute Gasteiger partial charge is 0.268 e. The van der Waals surface area contributed by atoms with Gasteiger partial charge < -0.3 is 14.5 Å². The van der Waals surface area contributed by atoms with Crippen LogP contribution in [0.15, 0.2) is 84.9 Å². The monoisotopic (exact) mass is 400 g/mol. The van der Waals surface area contributed by atoms with Crippen molar-refractivity contribution in [2.75, 3.05) is 27.2 Å². The summed E-state index contributed by atoms with van der Waals surface area (Å²) in [6.45, 7) is 1.96. The van der Waals surface area contributed by atoms with Gasteiger partial charge in [-0.05, 0) is 31.8 Å². The molecule has 0 saturated carbocycles. The van der Waals surface area contributed by atoms with E-state index in [1.165, 1.54) is 0 Å². The molecular weight excluding hydrogens is 371 g/mol. The third-order valence-corrected chi connectivity index (χ3v) is 4.95. The predicted octanol–water partition coefficient (Wildman–Crippen LogP) is 2.66. The maximum Gasteiger partial charge on any atom is 0.268 e. The van der Waals surface area contributed by atoms with E-state index in [2.05, 4.69) is 4.90 Å². The van der Waals surface area contributed by atoms with Crippen LogP contribution in [-0.4, -0.2) is 50.7 Å². The molecule has 0 heterocycles. The highest BCUT2D eigenvalue weighted by atomic mass is 16.5. The lowest BCUT2D eigenvalue weighted by Crippen LogP contribution is -2.40. The van der Waals surface area contributed by atoms with Crippen molar-refractivity contribution in [3.63, 3.8) is 0 Å². The molecule has 1 unspecified atom stereocenters. The van der Waals surface area contributed by atoms with Crippen LogP contribution in [0.2, 0.25) is 0 Å². The second-order valence-electron chi connectivity index (χ2n) is 7.77. The number of benzene rings is 3. The first-order chi connectivity index (χ1) is 14.5. The Balaban J connectivity index is 1.89. The summed E-state index contributed by atoms with van der Waals surface area (Å²) >= 11 is 0. The van der Waals surface area contributed by atoms with Crippen LogP contribution in [-0.2, 0) is 11.3 Å². The molecule has 0 aliphatic carbocycles. The first kappa shape index (κ1) is 21.7. The van der Waals surface area contributed by atoms with Crippen LogP contribution >= 0.6 is 0 Å². The van der Waals surface area contributed by atoms with E-state index in [9.17, 15) is 4.79 Å². The fourth-order valence-electron chi connectivity index (χ4n) is 3.20. The summed E-state index contributed by atoms with van der Waals surface area (Å²) in [5.41, 5.74) is 3.11. The lowest BCUT2D eigenvalue weighted by atomic mass is 9.97. The minimum absolute atomic E-state index is 0.0347. The van der Waals surface area contributed by atoms with Gasteiger partial charge in [0.25, 0.3) is 5.91 Å². The van der Waals surface area contributed by atoms with Crippen LogP contribution in [0.25, 0.3) is 0 Å². The van der Waals surface area contributed by atoms with E-state index in [0.717, 1.165) is 23.1 Å². The summed E-state index contributed by atoms with van der Waals surface area (Å²) in [7, 11) is 6.07. The van der Waals surface area contributed by atoms with Crippen LogP contribution in [0.5, 0.6) is 5.75 Å². The summed E-state index contributed by atoms with van der Waals surface area (Å²) in [6.07, 6.45) is -0.695. The van der Waals surface area contributed by atoms with Crippen molar-refractivity contribution in [1.29, 1.82) is 0 Å². The number of nitrogens with zero attached hydrogens (tertiary/aromatic N) is 2. The predicted molar refractivity (Wildman–Crippen MR) is 125 cm³/mol. The van der Waals surface area contributed by atoms with Gasteiger partial charge in [0.05, 0.1) is 0 Å².